The van der Waals surface area contributed by atoms with Crippen LogP contribution in [0.2, 0.25) is 5.02 Å². The van der Waals surface area contributed by atoms with Crippen molar-refractivity contribution in [3.63, 3.8) is 0 Å². The van der Waals surface area contributed by atoms with Gasteiger partial charge in [-0.3, -0.25) is 9.69 Å². The number of methoxy groups -OCH3 is 2. The van der Waals surface area contributed by atoms with Crippen LogP contribution in [0, 0.1) is 5.92 Å². The van der Waals surface area contributed by atoms with Crippen molar-refractivity contribution in [3.05, 3.63) is 47.0 Å². The third-order valence-electron chi connectivity index (χ3n) is 6.38. The summed E-state index contributed by atoms with van der Waals surface area (Å²) in [5.41, 5.74) is 5.54. The quantitative estimate of drug-likeness (QED) is 0.350. The Morgan fingerprint density at radius 3 is 2.36 bits per heavy atom. The second kappa shape index (κ2) is 12.0. The number of halogens is 1. The summed E-state index contributed by atoms with van der Waals surface area (Å²) in [6.07, 6.45) is 0.430. The number of nitrogens with zero attached hydrogens (tertiary/aromatic N) is 1. The Labute approximate surface area is 215 Å². The fourth-order valence-electron chi connectivity index (χ4n) is 4.21. The van der Waals surface area contributed by atoms with Crippen molar-refractivity contribution in [2.24, 2.45) is 5.92 Å². The number of benzene rings is 2. The van der Waals surface area contributed by atoms with Crippen molar-refractivity contribution in [1.29, 1.82) is 0 Å². The summed E-state index contributed by atoms with van der Waals surface area (Å²) in [7, 11) is 3.05. The van der Waals surface area contributed by atoms with Gasteiger partial charge in [-0.05, 0) is 56.0 Å². The van der Waals surface area contributed by atoms with Crippen LogP contribution in [-0.4, -0.2) is 68.1 Å². The van der Waals surface area contributed by atoms with Crippen molar-refractivity contribution in [2.45, 2.75) is 25.4 Å². The van der Waals surface area contributed by atoms with Gasteiger partial charge in [-0.15, -0.1) is 0 Å². The number of amides is 2. The lowest BCUT2D eigenvalue weighted by Crippen LogP contribution is -2.63. The van der Waals surface area contributed by atoms with Gasteiger partial charge in [0.25, 0.3) is 5.91 Å². The van der Waals surface area contributed by atoms with Gasteiger partial charge in [0.05, 0.1) is 30.5 Å². The molecule has 10 nitrogen and oxygen atoms in total. The van der Waals surface area contributed by atoms with Crippen LogP contribution in [0.1, 0.15) is 30.1 Å². The van der Waals surface area contributed by atoms with Crippen LogP contribution in [-0.2, 0) is 0 Å². The van der Waals surface area contributed by atoms with E-state index in [0.29, 0.717) is 48.1 Å². The summed E-state index contributed by atoms with van der Waals surface area (Å²) >= 11 is 6.08. The van der Waals surface area contributed by atoms with E-state index in [2.05, 4.69) is 15.5 Å². The van der Waals surface area contributed by atoms with Gasteiger partial charge >= 0.3 is 6.09 Å². The Balaban J connectivity index is 1.56. The molecule has 0 saturated carbocycles. The third-order valence-corrected chi connectivity index (χ3v) is 6.71. The number of nitrogens with one attached hydrogen (secondary N) is 2. The van der Waals surface area contributed by atoms with Crippen LogP contribution in [0.3, 0.4) is 0 Å². The van der Waals surface area contributed by atoms with Gasteiger partial charge in [-0.25, -0.2) is 4.79 Å². The van der Waals surface area contributed by atoms with Crippen molar-refractivity contribution in [3.8, 4) is 17.2 Å². The van der Waals surface area contributed by atoms with Crippen molar-refractivity contribution in [2.75, 3.05) is 46.2 Å². The molecule has 0 aliphatic carbocycles. The zero-order valence-electron chi connectivity index (χ0n) is 20.7. The Kier molecular flexibility index (Phi) is 9.11. The van der Waals surface area contributed by atoms with Crippen molar-refractivity contribution >= 4 is 29.3 Å². The molecule has 1 fully saturated rings. The van der Waals surface area contributed by atoms with Crippen LogP contribution in [0.5, 0.6) is 17.2 Å². The minimum absolute atomic E-state index is 0.130. The topological polar surface area (TPSA) is 135 Å². The lowest BCUT2D eigenvalue weighted by molar-refractivity contribution is 0.00447. The zero-order chi connectivity index (χ0) is 26.3. The minimum atomic E-state index is -1.12. The van der Waals surface area contributed by atoms with Crippen LogP contribution in [0.4, 0.5) is 10.5 Å². The van der Waals surface area contributed by atoms with Crippen LogP contribution >= 0.6 is 11.6 Å². The molecule has 1 atom stereocenters. The fourth-order valence-corrected chi connectivity index (χ4v) is 4.37. The van der Waals surface area contributed by atoms with Gasteiger partial charge in [0.1, 0.15) is 29.5 Å². The van der Waals surface area contributed by atoms with Crippen molar-refractivity contribution in [1.82, 2.24) is 15.5 Å². The highest BCUT2D eigenvalue weighted by atomic mass is 35.5. The molecular weight excluding hydrogens is 488 g/mol. The highest BCUT2D eigenvalue weighted by Crippen LogP contribution is 2.29. The number of carbonyl (C=O) groups is 2. The van der Waals surface area contributed by atoms with E-state index in [1.54, 1.807) is 31.4 Å². The monoisotopic (exact) mass is 520 g/mol. The second-order valence-corrected chi connectivity index (χ2v) is 9.29. The maximum absolute atomic E-state index is 12.7. The fraction of sp³-hybridized carbons (Fsp3) is 0.440. The van der Waals surface area contributed by atoms with E-state index in [0.717, 1.165) is 12.8 Å². The molecule has 0 bridgehead atoms. The molecule has 1 unspecified atom stereocenters. The smallest absolute Gasteiger partial charge is 0.406 e. The number of hydrogen-bond acceptors (Lipinski definition) is 7. The Morgan fingerprint density at radius 2 is 1.78 bits per heavy atom. The van der Waals surface area contributed by atoms with Gasteiger partial charge in [0.2, 0.25) is 0 Å². The van der Waals surface area contributed by atoms with Gasteiger partial charge in [0.15, 0.2) is 0 Å². The minimum Gasteiger partial charge on any atom is -0.497 e. The molecule has 11 heteroatoms. The molecular formula is C25H33ClN4O6. The molecule has 2 aromatic carbocycles. The predicted octanol–water partition coefficient (Wildman–Crippen LogP) is 3.44. The van der Waals surface area contributed by atoms with Gasteiger partial charge in [-0.2, -0.15) is 0 Å². The lowest BCUT2D eigenvalue weighted by Gasteiger charge is -2.44. The molecule has 1 saturated heterocycles. The summed E-state index contributed by atoms with van der Waals surface area (Å²) in [6, 6.07) is 10.1. The summed E-state index contributed by atoms with van der Waals surface area (Å²) in [4.78, 5) is 26.3. The average Bonchev–Trinajstić information content (AvgIpc) is 2.87. The van der Waals surface area contributed by atoms with Crippen LogP contribution < -0.4 is 30.6 Å². The molecule has 1 heterocycles. The van der Waals surface area contributed by atoms with E-state index in [-0.39, 0.29) is 23.5 Å². The predicted molar refractivity (Wildman–Crippen MR) is 137 cm³/mol. The number of likely N-dealkylation sites (tertiary alicyclic amines) is 1. The number of anilines is 1. The first-order valence-corrected chi connectivity index (χ1v) is 12.0. The molecule has 0 aromatic heterocycles. The molecule has 2 aromatic rings. The average molecular weight is 521 g/mol. The molecule has 1 aliphatic rings. The SMILES string of the molecule is COc1ccc(OCC(C)(NC(=O)O)N2CCC(CNC(=O)c3cc(Cl)c(N)cc3OC)CC2)cc1. The highest BCUT2D eigenvalue weighted by molar-refractivity contribution is 6.33. The van der Waals surface area contributed by atoms with Gasteiger partial charge in [0, 0.05) is 25.7 Å². The summed E-state index contributed by atoms with van der Waals surface area (Å²) in [6.45, 7) is 3.69. The largest absolute Gasteiger partial charge is 0.497 e. The summed E-state index contributed by atoms with van der Waals surface area (Å²) < 4.78 is 16.3. The second-order valence-electron chi connectivity index (χ2n) is 8.88. The van der Waals surface area contributed by atoms with E-state index >= 15 is 0 Å². The van der Waals surface area contributed by atoms with Gasteiger partial charge < -0.3 is 35.7 Å². The molecule has 0 radical (unpaired) electrons. The maximum Gasteiger partial charge on any atom is 0.406 e. The van der Waals surface area contributed by atoms with E-state index < -0.39 is 11.8 Å². The number of piperidine rings is 1. The number of carbonyl (C=O) groups excluding carboxylic acids is 1. The first-order chi connectivity index (χ1) is 17.1. The van der Waals surface area contributed by atoms with Crippen molar-refractivity contribution < 1.29 is 28.9 Å². The number of rotatable bonds is 10. The summed E-state index contributed by atoms with van der Waals surface area (Å²) in [5.74, 6) is 1.63. The number of nitrogens with two attached hydrogens (primary N) is 1. The number of ether oxygens (including phenoxy) is 3. The van der Waals surface area contributed by atoms with Crippen LogP contribution in [0.15, 0.2) is 36.4 Å². The highest BCUT2D eigenvalue weighted by Gasteiger charge is 2.37. The first-order valence-electron chi connectivity index (χ1n) is 11.6. The number of hydrogen-bond donors (Lipinski definition) is 4. The molecule has 3 rings (SSSR count). The zero-order valence-corrected chi connectivity index (χ0v) is 21.4. The molecule has 2 amide bonds. The Morgan fingerprint density at radius 1 is 1.14 bits per heavy atom. The summed E-state index contributed by atoms with van der Waals surface area (Å²) in [5, 5.41) is 15.3. The molecule has 5 N–H and O–H groups in total. The Hall–Kier alpha value is -3.37. The first kappa shape index (κ1) is 27.2. The normalized spacial score (nSPS) is 16.0. The third kappa shape index (κ3) is 6.86. The van der Waals surface area contributed by atoms with E-state index in [4.69, 9.17) is 31.5 Å². The molecule has 1 aliphatic heterocycles. The Bertz CT molecular complexity index is 1060. The molecule has 36 heavy (non-hydrogen) atoms. The standard InChI is InChI=1S/C25H33ClN4O6/c1-25(29-24(32)33,15-36-18-6-4-17(34-2)5-7-18)30-10-8-16(9-11-30)14-28-23(31)19-12-20(26)21(27)13-22(19)35-3/h4-7,12-13,16,29H,8-11,14-15,27H2,1-3H3,(H,28,31)(H,32,33). The molecule has 196 valence electrons. The van der Waals surface area contributed by atoms with Gasteiger partial charge in [-0.1, -0.05) is 11.6 Å². The van der Waals surface area contributed by atoms with Crippen LogP contribution in [0.25, 0.3) is 0 Å². The molecule has 0 spiro atoms. The number of carboxylic acid groups (broad SMARTS) is 1. The number of nitrogen functional groups attached to an aromatic ring is 1. The van der Waals surface area contributed by atoms with E-state index in [9.17, 15) is 14.7 Å². The van der Waals surface area contributed by atoms with E-state index in [1.165, 1.54) is 19.2 Å². The van der Waals surface area contributed by atoms with E-state index in [1.807, 2.05) is 6.92 Å². The maximum atomic E-state index is 12.7. The lowest BCUT2D eigenvalue weighted by atomic mass is 9.94.